The minimum Gasteiger partial charge on any atom is -0.340 e. The van der Waals surface area contributed by atoms with E-state index < -0.39 is 11.6 Å². The summed E-state index contributed by atoms with van der Waals surface area (Å²) in [4.78, 5) is 9.30. The van der Waals surface area contributed by atoms with Crippen molar-refractivity contribution in [3.63, 3.8) is 0 Å². The van der Waals surface area contributed by atoms with Gasteiger partial charge in [0.1, 0.15) is 5.82 Å². The van der Waals surface area contributed by atoms with E-state index in [1.54, 1.807) is 4.52 Å². The van der Waals surface area contributed by atoms with Gasteiger partial charge in [-0.05, 0) is 37.8 Å². The van der Waals surface area contributed by atoms with Gasteiger partial charge in [-0.15, -0.1) is 5.10 Å². The molecule has 0 aliphatic heterocycles. The van der Waals surface area contributed by atoms with Crippen LogP contribution in [0.15, 0.2) is 48.5 Å². The Bertz CT molecular complexity index is 1170. The summed E-state index contributed by atoms with van der Waals surface area (Å²) >= 11 is 0. The number of halogens is 2. The molecule has 0 unspecified atom stereocenters. The van der Waals surface area contributed by atoms with Crippen LogP contribution in [0.5, 0.6) is 0 Å². The molecule has 0 saturated carbocycles. The number of aryl methyl sites for hydroxylation is 1. The lowest BCUT2D eigenvalue weighted by Gasteiger charge is -2.20. The lowest BCUT2D eigenvalue weighted by Crippen LogP contribution is -2.13. The molecule has 0 spiro atoms. The van der Waals surface area contributed by atoms with Crippen molar-refractivity contribution in [3.8, 4) is 11.4 Å². The van der Waals surface area contributed by atoms with E-state index in [0.717, 1.165) is 54.6 Å². The van der Waals surface area contributed by atoms with E-state index in [-0.39, 0.29) is 0 Å². The van der Waals surface area contributed by atoms with Gasteiger partial charge in [-0.2, -0.15) is 9.50 Å². The van der Waals surface area contributed by atoms with E-state index in [1.807, 2.05) is 30.3 Å². The normalized spacial score (nSPS) is 13.5. The van der Waals surface area contributed by atoms with Gasteiger partial charge in [-0.25, -0.2) is 13.8 Å². The number of rotatable bonds is 3. The maximum Gasteiger partial charge on any atom is 0.254 e. The zero-order valence-electron chi connectivity index (χ0n) is 15.0. The summed E-state index contributed by atoms with van der Waals surface area (Å²) in [5.74, 6) is 0.000987. The molecular weight excluding hydrogens is 360 g/mol. The molecule has 5 rings (SSSR count). The zero-order chi connectivity index (χ0) is 19.1. The quantitative estimate of drug-likeness (QED) is 0.563. The molecule has 0 amide bonds. The number of nitrogens with zero attached hydrogens (tertiary/aromatic N) is 4. The fourth-order valence-corrected chi connectivity index (χ4v) is 3.59. The highest BCUT2D eigenvalue weighted by Gasteiger charge is 2.21. The summed E-state index contributed by atoms with van der Waals surface area (Å²) in [5.41, 5.74) is 3.38. The third kappa shape index (κ3) is 2.89. The number of hydrogen-bond donors (Lipinski definition) is 1. The molecule has 28 heavy (non-hydrogen) atoms. The van der Waals surface area contributed by atoms with Crippen molar-refractivity contribution < 1.29 is 8.78 Å². The van der Waals surface area contributed by atoms with Gasteiger partial charge in [0.15, 0.2) is 17.5 Å². The molecule has 140 valence electrons. The molecule has 1 aliphatic rings. The predicted octanol–water partition coefficient (Wildman–Crippen LogP) is 4.69. The van der Waals surface area contributed by atoms with E-state index in [0.29, 0.717) is 23.1 Å². The van der Waals surface area contributed by atoms with Crippen LogP contribution in [0.4, 0.5) is 20.3 Å². The first kappa shape index (κ1) is 16.8. The zero-order valence-corrected chi connectivity index (χ0v) is 15.0. The van der Waals surface area contributed by atoms with Gasteiger partial charge >= 0.3 is 0 Å². The molecular formula is C21H17F2N5. The Hall–Kier alpha value is -3.35. The smallest absolute Gasteiger partial charge is 0.254 e. The van der Waals surface area contributed by atoms with Gasteiger partial charge in [-0.3, -0.25) is 0 Å². The van der Waals surface area contributed by atoms with Crippen LogP contribution in [-0.2, 0) is 12.8 Å². The van der Waals surface area contributed by atoms with Gasteiger partial charge in [-0.1, -0.05) is 30.3 Å². The maximum atomic E-state index is 13.7. The largest absolute Gasteiger partial charge is 0.340 e. The van der Waals surface area contributed by atoms with Crippen LogP contribution in [0, 0.1) is 11.6 Å². The number of anilines is 2. The SMILES string of the molecule is Fc1ccc(Nc2c3c(nc4nc(-c5ccccc5)nn24)CCCC3)cc1F. The Morgan fingerprint density at radius 2 is 1.71 bits per heavy atom. The molecule has 0 bridgehead atoms. The number of fused-ring (bicyclic) bond motifs is 2. The fourth-order valence-electron chi connectivity index (χ4n) is 3.59. The first-order valence-corrected chi connectivity index (χ1v) is 9.25. The van der Waals surface area contributed by atoms with Gasteiger partial charge in [0.05, 0.1) is 5.69 Å². The predicted molar refractivity (Wildman–Crippen MR) is 103 cm³/mol. The molecule has 7 heteroatoms. The number of aromatic nitrogens is 4. The Morgan fingerprint density at radius 3 is 2.54 bits per heavy atom. The van der Waals surface area contributed by atoms with Gasteiger partial charge in [0, 0.05) is 22.9 Å². The van der Waals surface area contributed by atoms with Gasteiger partial charge in [0.2, 0.25) is 0 Å². The van der Waals surface area contributed by atoms with E-state index in [1.165, 1.54) is 6.07 Å². The van der Waals surface area contributed by atoms with Crippen molar-refractivity contribution in [2.24, 2.45) is 0 Å². The highest BCUT2D eigenvalue weighted by Crippen LogP contribution is 2.30. The first-order chi connectivity index (χ1) is 13.7. The second-order valence-corrected chi connectivity index (χ2v) is 6.86. The lowest BCUT2D eigenvalue weighted by atomic mass is 9.96. The molecule has 1 N–H and O–H groups in total. The summed E-state index contributed by atoms with van der Waals surface area (Å²) in [6.45, 7) is 0. The molecule has 2 aromatic carbocycles. The summed E-state index contributed by atoms with van der Waals surface area (Å²) in [6, 6.07) is 13.4. The molecule has 2 aromatic heterocycles. The maximum absolute atomic E-state index is 13.7. The van der Waals surface area contributed by atoms with Crippen LogP contribution in [0.25, 0.3) is 17.2 Å². The van der Waals surface area contributed by atoms with Crippen LogP contribution in [0.3, 0.4) is 0 Å². The highest BCUT2D eigenvalue weighted by atomic mass is 19.2. The average molecular weight is 377 g/mol. The second kappa shape index (κ2) is 6.67. The van der Waals surface area contributed by atoms with Crippen molar-refractivity contribution in [1.82, 2.24) is 19.6 Å². The summed E-state index contributed by atoms with van der Waals surface area (Å²) < 4.78 is 28.7. The Kier molecular flexibility index (Phi) is 4.00. The molecule has 5 nitrogen and oxygen atoms in total. The lowest BCUT2D eigenvalue weighted by molar-refractivity contribution is 0.509. The van der Waals surface area contributed by atoms with E-state index in [4.69, 9.17) is 4.98 Å². The van der Waals surface area contributed by atoms with Crippen LogP contribution in [-0.4, -0.2) is 19.6 Å². The van der Waals surface area contributed by atoms with Gasteiger partial charge < -0.3 is 5.32 Å². The molecule has 2 heterocycles. The standard InChI is InChI=1S/C21H17F2N5/c22-16-11-10-14(12-17(16)23)24-20-15-8-4-5-9-18(15)25-21-26-19(27-28(20)21)13-6-2-1-3-7-13/h1-3,6-7,10-12,24H,4-5,8-9H2. The molecule has 0 radical (unpaired) electrons. The monoisotopic (exact) mass is 377 g/mol. The third-order valence-corrected chi connectivity index (χ3v) is 4.98. The number of hydrogen-bond acceptors (Lipinski definition) is 4. The Morgan fingerprint density at radius 1 is 0.893 bits per heavy atom. The van der Waals surface area contributed by atoms with Gasteiger partial charge in [0.25, 0.3) is 5.78 Å². The topological polar surface area (TPSA) is 55.1 Å². The molecule has 1 aliphatic carbocycles. The van der Waals surface area contributed by atoms with E-state index >= 15 is 0 Å². The Labute approximate surface area is 160 Å². The fraction of sp³-hybridized carbons (Fsp3) is 0.190. The molecule has 4 aromatic rings. The minimum absolute atomic E-state index is 0.455. The number of benzene rings is 2. The molecule has 0 fully saturated rings. The second-order valence-electron chi connectivity index (χ2n) is 6.86. The van der Waals surface area contributed by atoms with E-state index in [9.17, 15) is 8.78 Å². The van der Waals surface area contributed by atoms with Crippen LogP contribution in [0.1, 0.15) is 24.1 Å². The van der Waals surface area contributed by atoms with Crippen molar-refractivity contribution in [2.45, 2.75) is 25.7 Å². The van der Waals surface area contributed by atoms with Crippen molar-refractivity contribution >= 4 is 17.3 Å². The minimum atomic E-state index is -0.896. The molecule has 0 saturated heterocycles. The van der Waals surface area contributed by atoms with E-state index in [2.05, 4.69) is 15.4 Å². The van der Waals surface area contributed by atoms with Crippen LogP contribution >= 0.6 is 0 Å². The van der Waals surface area contributed by atoms with Crippen LogP contribution in [0.2, 0.25) is 0 Å². The third-order valence-electron chi connectivity index (χ3n) is 4.98. The van der Waals surface area contributed by atoms with Crippen molar-refractivity contribution in [2.75, 3.05) is 5.32 Å². The number of nitrogens with one attached hydrogen (secondary N) is 1. The van der Waals surface area contributed by atoms with Crippen molar-refractivity contribution in [1.29, 1.82) is 0 Å². The molecule has 0 atom stereocenters. The average Bonchev–Trinajstić information content (AvgIpc) is 3.15. The first-order valence-electron chi connectivity index (χ1n) is 9.25. The Balaban J connectivity index is 1.68. The summed E-state index contributed by atoms with van der Waals surface area (Å²) in [7, 11) is 0. The van der Waals surface area contributed by atoms with Crippen LogP contribution < -0.4 is 5.32 Å². The highest BCUT2D eigenvalue weighted by molar-refractivity contribution is 5.65. The summed E-state index contributed by atoms with van der Waals surface area (Å²) in [6.07, 6.45) is 3.84. The van der Waals surface area contributed by atoms with Crippen molar-refractivity contribution in [3.05, 3.63) is 71.4 Å². The summed E-state index contributed by atoms with van der Waals surface area (Å²) in [5, 5.41) is 7.86.